The molecule has 59 valence electrons. The Hall–Kier alpha value is -0.120. The maximum absolute atomic E-state index is 9.02. The lowest BCUT2D eigenvalue weighted by atomic mass is 10.3. The maximum atomic E-state index is 9.02. The Balaban J connectivity index is 2.18. The molecule has 0 amide bonds. The summed E-state index contributed by atoms with van der Waals surface area (Å²) < 4.78 is 4.95. The summed E-state index contributed by atoms with van der Waals surface area (Å²) in [5, 5.41) is 9.02. The van der Waals surface area contributed by atoms with Gasteiger partial charge < -0.3 is 9.84 Å². The van der Waals surface area contributed by atoms with Gasteiger partial charge in [-0.25, -0.2) is 0 Å². The number of rotatable bonds is 2. The molecule has 0 aromatic rings. The van der Waals surface area contributed by atoms with E-state index in [1.54, 1.807) is 0 Å². The van der Waals surface area contributed by atoms with Gasteiger partial charge in [0.15, 0.2) is 6.29 Å². The van der Waals surface area contributed by atoms with Crippen molar-refractivity contribution in [3.63, 3.8) is 0 Å². The second-order valence-electron chi connectivity index (χ2n) is 2.48. The van der Waals surface area contributed by atoms with E-state index in [-0.39, 0.29) is 0 Å². The molecule has 0 aromatic heterocycles. The first-order valence-electron chi connectivity index (χ1n) is 3.64. The summed E-state index contributed by atoms with van der Waals surface area (Å²) in [4.78, 5) is 2.15. The molecule has 0 aromatic carbocycles. The van der Waals surface area contributed by atoms with Crippen molar-refractivity contribution in [2.75, 3.05) is 26.2 Å². The van der Waals surface area contributed by atoms with Crippen molar-refractivity contribution in [1.82, 2.24) is 4.90 Å². The molecule has 0 spiro atoms. The second kappa shape index (κ2) is 3.91. The van der Waals surface area contributed by atoms with Crippen molar-refractivity contribution in [3.8, 4) is 0 Å². The zero-order valence-electron chi connectivity index (χ0n) is 6.12. The van der Waals surface area contributed by atoms with Crippen LogP contribution < -0.4 is 0 Å². The molecule has 1 atom stereocenters. The minimum absolute atomic E-state index is 0.583. The first kappa shape index (κ1) is 7.98. The normalized spacial score (nSPS) is 28.8. The Morgan fingerprint density at radius 3 is 3.10 bits per heavy atom. The molecule has 1 radical (unpaired) electrons. The van der Waals surface area contributed by atoms with Crippen molar-refractivity contribution in [2.24, 2.45) is 0 Å². The standard InChI is InChI=1S/C7H14NO2/c1-2-3-8-4-5-10-7(9)6-8/h7,9H,1-6H2. The van der Waals surface area contributed by atoms with Crippen molar-refractivity contribution >= 4 is 0 Å². The zero-order valence-corrected chi connectivity index (χ0v) is 6.12. The van der Waals surface area contributed by atoms with Crippen LogP contribution in [-0.4, -0.2) is 42.5 Å². The van der Waals surface area contributed by atoms with Crippen molar-refractivity contribution < 1.29 is 9.84 Å². The SMILES string of the molecule is [CH2]CCN1CCOC(O)C1. The highest BCUT2D eigenvalue weighted by atomic mass is 16.6. The van der Waals surface area contributed by atoms with E-state index in [1.807, 2.05) is 0 Å². The molecule has 1 aliphatic rings. The highest BCUT2D eigenvalue weighted by Gasteiger charge is 2.16. The van der Waals surface area contributed by atoms with Gasteiger partial charge in [0.25, 0.3) is 0 Å². The monoisotopic (exact) mass is 144 g/mol. The highest BCUT2D eigenvalue weighted by molar-refractivity contribution is 4.64. The van der Waals surface area contributed by atoms with E-state index < -0.39 is 6.29 Å². The molecule has 1 N–H and O–H groups in total. The fourth-order valence-electron chi connectivity index (χ4n) is 1.11. The number of aliphatic hydroxyl groups is 1. The number of morpholine rings is 1. The predicted molar refractivity (Wildman–Crippen MR) is 38.4 cm³/mol. The third-order valence-corrected chi connectivity index (χ3v) is 1.61. The smallest absolute Gasteiger partial charge is 0.167 e. The minimum Gasteiger partial charge on any atom is -0.367 e. The Kier molecular flexibility index (Phi) is 3.12. The van der Waals surface area contributed by atoms with Crippen LogP contribution in [0.25, 0.3) is 0 Å². The summed E-state index contributed by atoms with van der Waals surface area (Å²) in [5.41, 5.74) is 0. The molecule has 1 rings (SSSR count). The van der Waals surface area contributed by atoms with Crippen LogP contribution >= 0.6 is 0 Å². The van der Waals surface area contributed by atoms with Crippen LogP contribution in [0.1, 0.15) is 6.42 Å². The quantitative estimate of drug-likeness (QED) is 0.585. The van der Waals surface area contributed by atoms with Crippen LogP contribution in [0.5, 0.6) is 0 Å². The number of hydrogen-bond donors (Lipinski definition) is 1. The van der Waals surface area contributed by atoms with Crippen LogP contribution in [0.15, 0.2) is 0 Å². The number of ether oxygens (including phenoxy) is 1. The Morgan fingerprint density at radius 2 is 2.50 bits per heavy atom. The third-order valence-electron chi connectivity index (χ3n) is 1.61. The molecular formula is C7H14NO2. The average Bonchev–Trinajstić information content (AvgIpc) is 1.88. The molecule has 0 aliphatic carbocycles. The molecule has 0 saturated carbocycles. The molecule has 1 unspecified atom stereocenters. The molecule has 1 saturated heterocycles. The number of nitrogens with zero attached hydrogens (tertiary/aromatic N) is 1. The molecule has 1 heterocycles. The average molecular weight is 144 g/mol. The van der Waals surface area contributed by atoms with Crippen LogP contribution in [0.3, 0.4) is 0 Å². The van der Waals surface area contributed by atoms with Gasteiger partial charge in [0, 0.05) is 13.1 Å². The largest absolute Gasteiger partial charge is 0.367 e. The van der Waals surface area contributed by atoms with E-state index >= 15 is 0 Å². The fourth-order valence-corrected chi connectivity index (χ4v) is 1.11. The van der Waals surface area contributed by atoms with E-state index in [4.69, 9.17) is 9.84 Å². The maximum Gasteiger partial charge on any atom is 0.167 e. The van der Waals surface area contributed by atoms with Crippen molar-refractivity contribution in [1.29, 1.82) is 0 Å². The third kappa shape index (κ3) is 2.25. The molecule has 1 aliphatic heterocycles. The second-order valence-corrected chi connectivity index (χ2v) is 2.48. The van der Waals surface area contributed by atoms with E-state index in [2.05, 4.69) is 11.8 Å². The van der Waals surface area contributed by atoms with Crippen LogP contribution in [0.2, 0.25) is 0 Å². The summed E-state index contributed by atoms with van der Waals surface area (Å²) in [7, 11) is 0. The lowest BCUT2D eigenvalue weighted by molar-refractivity contribution is -0.145. The van der Waals surface area contributed by atoms with Gasteiger partial charge in [-0.1, -0.05) is 6.92 Å². The van der Waals surface area contributed by atoms with Gasteiger partial charge >= 0.3 is 0 Å². The summed E-state index contributed by atoms with van der Waals surface area (Å²) in [5.74, 6) is 0. The molecule has 10 heavy (non-hydrogen) atoms. The first-order valence-corrected chi connectivity index (χ1v) is 3.64. The van der Waals surface area contributed by atoms with Gasteiger partial charge in [0.1, 0.15) is 0 Å². The number of aliphatic hydroxyl groups excluding tert-OH is 1. The molecule has 3 heteroatoms. The molecule has 3 nitrogen and oxygen atoms in total. The van der Waals surface area contributed by atoms with Gasteiger partial charge in [-0.15, -0.1) is 0 Å². The summed E-state index contributed by atoms with van der Waals surface area (Å²) in [6.45, 7) is 6.90. The van der Waals surface area contributed by atoms with E-state index in [1.165, 1.54) is 0 Å². The Morgan fingerprint density at radius 1 is 1.70 bits per heavy atom. The van der Waals surface area contributed by atoms with E-state index in [9.17, 15) is 0 Å². The minimum atomic E-state index is -0.583. The lowest BCUT2D eigenvalue weighted by Gasteiger charge is -2.29. The van der Waals surface area contributed by atoms with Crippen molar-refractivity contribution in [3.05, 3.63) is 6.92 Å². The van der Waals surface area contributed by atoms with E-state index in [0.29, 0.717) is 13.2 Å². The zero-order chi connectivity index (χ0) is 7.40. The Bertz CT molecular complexity index is 95.6. The van der Waals surface area contributed by atoms with Crippen molar-refractivity contribution in [2.45, 2.75) is 12.7 Å². The highest BCUT2D eigenvalue weighted by Crippen LogP contribution is 2.01. The first-order chi connectivity index (χ1) is 4.83. The van der Waals surface area contributed by atoms with Gasteiger partial charge in [0.2, 0.25) is 0 Å². The van der Waals surface area contributed by atoms with Gasteiger partial charge in [-0.3, -0.25) is 4.90 Å². The fraction of sp³-hybridized carbons (Fsp3) is 0.857. The van der Waals surface area contributed by atoms with Gasteiger partial charge in [0.05, 0.1) is 6.61 Å². The van der Waals surface area contributed by atoms with Gasteiger partial charge in [-0.05, 0) is 13.0 Å². The van der Waals surface area contributed by atoms with E-state index in [0.717, 1.165) is 19.5 Å². The van der Waals surface area contributed by atoms with Crippen LogP contribution in [-0.2, 0) is 4.74 Å². The number of β-amino-alcohol motifs (C(OH)–C–C–N with tert-alkyl or cyclic N) is 1. The molecule has 0 bridgehead atoms. The van der Waals surface area contributed by atoms with Crippen LogP contribution in [0.4, 0.5) is 0 Å². The predicted octanol–water partition coefficient (Wildman–Crippen LogP) is -0.139. The summed E-state index contributed by atoms with van der Waals surface area (Å²) >= 11 is 0. The number of hydrogen-bond acceptors (Lipinski definition) is 3. The molecular weight excluding hydrogens is 130 g/mol. The topological polar surface area (TPSA) is 32.7 Å². The van der Waals surface area contributed by atoms with Crippen LogP contribution in [0, 0.1) is 6.92 Å². The molecule has 1 fully saturated rings. The van der Waals surface area contributed by atoms with Gasteiger partial charge in [-0.2, -0.15) is 0 Å². The summed E-state index contributed by atoms with van der Waals surface area (Å²) in [6, 6.07) is 0. The Labute approximate surface area is 61.6 Å². The summed E-state index contributed by atoms with van der Waals surface area (Å²) in [6.07, 6.45) is 0.312. The lowest BCUT2D eigenvalue weighted by Crippen LogP contribution is -2.42.